The molecule has 2 unspecified atom stereocenters. The predicted molar refractivity (Wildman–Crippen MR) is 61.6 cm³/mol. The molecule has 0 heterocycles. The summed E-state index contributed by atoms with van der Waals surface area (Å²) in [5, 5.41) is 19.9. The van der Waals surface area contributed by atoms with Crippen molar-refractivity contribution in [3.05, 3.63) is 35.4 Å². The van der Waals surface area contributed by atoms with E-state index < -0.39 is 12.2 Å². The molecule has 2 atom stereocenters. The number of benzene rings is 1. The highest BCUT2D eigenvalue weighted by Gasteiger charge is 2.29. The Bertz CT molecular complexity index is 308. The Balaban J connectivity index is 2.85. The number of aryl methyl sites for hydroxylation is 1. The van der Waals surface area contributed by atoms with Crippen LogP contribution in [0, 0.1) is 12.3 Å². The number of rotatable bonds is 2. The lowest BCUT2D eigenvalue weighted by Crippen LogP contribution is -2.32. The molecule has 1 aromatic rings. The Labute approximate surface area is 91.6 Å². The van der Waals surface area contributed by atoms with Crippen LogP contribution in [0.25, 0.3) is 0 Å². The van der Waals surface area contributed by atoms with Crippen LogP contribution < -0.4 is 0 Å². The van der Waals surface area contributed by atoms with E-state index in [-0.39, 0.29) is 5.41 Å². The minimum absolute atomic E-state index is 0.315. The van der Waals surface area contributed by atoms with Gasteiger partial charge in [0.15, 0.2) is 0 Å². The van der Waals surface area contributed by atoms with Crippen LogP contribution in [-0.2, 0) is 0 Å². The molecule has 0 aromatic heterocycles. The molecule has 0 fully saturated rings. The molecular weight excluding hydrogens is 188 g/mol. The normalized spacial score (nSPS) is 16.1. The first-order valence-corrected chi connectivity index (χ1v) is 5.25. The molecule has 0 spiro atoms. The van der Waals surface area contributed by atoms with E-state index in [9.17, 15) is 10.2 Å². The van der Waals surface area contributed by atoms with Gasteiger partial charge in [0.05, 0.1) is 6.10 Å². The Morgan fingerprint density at radius 2 is 1.47 bits per heavy atom. The first-order chi connectivity index (χ1) is 6.82. The van der Waals surface area contributed by atoms with Crippen LogP contribution >= 0.6 is 0 Å². The zero-order valence-corrected chi connectivity index (χ0v) is 9.86. The molecule has 1 rings (SSSR count). The molecule has 2 N–H and O–H groups in total. The lowest BCUT2D eigenvalue weighted by atomic mass is 9.83. The van der Waals surface area contributed by atoms with Gasteiger partial charge in [-0.25, -0.2) is 0 Å². The van der Waals surface area contributed by atoms with Crippen LogP contribution in [0.15, 0.2) is 24.3 Å². The van der Waals surface area contributed by atoms with Gasteiger partial charge < -0.3 is 10.2 Å². The van der Waals surface area contributed by atoms with E-state index in [1.807, 2.05) is 52.0 Å². The average Bonchev–Trinajstić information content (AvgIpc) is 2.15. The van der Waals surface area contributed by atoms with E-state index in [1.165, 1.54) is 0 Å². The van der Waals surface area contributed by atoms with Gasteiger partial charge in [0, 0.05) is 0 Å². The molecule has 0 bridgehead atoms. The minimum Gasteiger partial charge on any atom is -0.390 e. The molecule has 0 aliphatic rings. The van der Waals surface area contributed by atoms with Crippen LogP contribution in [0.2, 0.25) is 0 Å². The molecule has 0 amide bonds. The van der Waals surface area contributed by atoms with Crippen LogP contribution in [0.4, 0.5) is 0 Å². The fourth-order valence-corrected chi connectivity index (χ4v) is 1.42. The molecule has 0 radical (unpaired) electrons. The molecule has 1 aromatic carbocycles. The third-order valence-electron chi connectivity index (χ3n) is 2.61. The highest BCUT2D eigenvalue weighted by atomic mass is 16.3. The summed E-state index contributed by atoms with van der Waals surface area (Å²) in [6.45, 7) is 7.73. The van der Waals surface area contributed by atoms with Crippen molar-refractivity contribution in [2.45, 2.75) is 39.9 Å². The van der Waals surface area contributed by atoms with Crippen molar-refractivity contribution in [1.82, 2.24) is 0 Å². The van der Waals surface area contributed by atoms with Gasteiger partial charge in [-0.15, -0.1) is 0 Å². The first-order valence-electron chi connectivity index (χ1n) is 5.25. The SMILES string of the molecule is Cc1ccc(C(O)C(O)C(C)(C)C)cc1. The molecule has 0 saturated carbocycles. The average molecular weight is 208 g/mol. The van der Waals surface area contributed by atoms with E-state index >= 15 is 0 Å². The summed E-state index contributed by atoms with van der Waals surface area (Å²) in [5.41, 5.74) is 1.60. The van der Waals surface area contributed by atoms with Gasteiger partial charge in [-0.1, -0.05) is 50.6 Å². The molecule has 0 aliphatic heterocycles. The smallest absolute Gasteiger partial charge is 0.105 e. The quantitative estimate of drug-likeness (QED) is 0.783. The Kier molecular flexibility index (Phi) is 3.53. The van der Waals surface area contributed by atoms with Crippen molar-refractivity contribution in [2.24, 2.45) is 5.41 Å². The van der Waals surface area contributed by atoms with Crippen LogP contribution in [0.1, 0.15) is 38.0 Å². The molecule has 15 heavy (non-hydrogen) atoms. The summed E-state index contributed by atoms with van der Waals surface area (Å²) in [5.74, 6) is 0. The maximum atomic E-state index is 9.97. The van der Waals surface area contributed by atoms with E-state index in [2.05, 4.69) is 0 Å². The molecule has 84 valence electrons. The maximum Gasteiger partial charge on any atom is 0.105 e. The van der Waals surface area contributed by atoms with Crippen molar-refractivity contribution in [3.8, 4) is 0 Å². The van der Waals surface area contributed by atoms with Gasteiger partial charge in [0.25, 0.3) is 0 Å². The third kappa shape index (κ3) is 3.05. The number of hydrogen-bond acceptors (Lipinski definition) is 2. The largest absolute Gasteiger partial charge is 0.390 e. The fraction of sp³-hybridized carbons (Fsp3) is 0.538. The molecular formula is C13H20O2. The topological polar surface area (TPSA) is 40.5 Å². The number of aliphatic hydroxyl groups excluding tert-OH is 2. The molecule has 0 aliphatic carbocycles. The van der Waals surface area contributed by atoms with Gasteiger partial charge in [0.1, 0.15) is 6.10 Å². The van der Waals surface area contributed by atoms with Crippen LogP contribution in [0.5, 0.6) is 0 Å². The van der Waals surface area contributed by atoms with Crippen molar-refractivity contribution < 1.29 is 10.2 Å². The van der Waals surface area contributed by atoms with Crippen molar-refractivity contribution in [3.63, 3.8) is 0 Å². The summed E-state index contributed by atoms with van der Waals surface area (Å²) in [4.78, 5) is 0. The third-order valence-corrected chi connectivity index (χ3v) is 2.61. The molecule has 2 nitrogen and oxygen atoms in total. The first kappa shape index (κ1) is 12.2. The zero-order valence-electron chi connectivity index (χ0n) is 9.86. The van der Waals surface area contributed by atoms with E-state index in [4.69, 9.17) is 0 Å². The summed E-state index contributed by atoms with van der Waals surface area (Å²) >= 11 is 0. The van der Waals surface area contributed by atoms with E-state index in [1.54, 1.807) is 0 Å². The number of hydrogen-bond donors (Lipinski definition) is 2. The maximum absolute atomic E-state index is 9.97. The summed E-state index contributed by atoms with van der Waals surface area (Å²) < 4.78 is 0. The summed E-state index contributed by atoms with van der Waals surface area (Å²) in [6.07, 6.45) is -1.56. The second-order valence-electron chi connectivity index (χ2n) is 5.17. The van der Waals surface area contributed by atoms with Gasteiger partial charge in [0.2, 0.25) is 0 Å². The second-order valence-corrected chi connectivity index (χ2v) is 5.17. The Hall–Kier alpha value is -0.860. The van der Waals surface area contributed by atoms with Gasteiger partial charge in [-0.3, -0.25) is 0 Å². The lowest BCUT2D eigenvalue weighted by molar-refractivity contribution is -0.0458. The van der Waals surface area contributed by atoms with E-state index in [0.29, 0.717) is 0 Å². The Morgan fingerprint density at radius 3 is 1.87 bits per heavy atom. The lowest BCUT2D eigenvalue weighted by Gasteiger charge is -2.30. The van der Waals surface area contributed by atoms with Crippen molar-refractivity contribution in [1.29, 1.82) is 0 Å². The highest BCUT2D eigenvalue weighted by molar-refractivity contribution is 5.24. The van der Waals surface area contributed by atoms with E-state index in [0.717, 1.165) is 11.1 Å². The summed E-state index contributed by atoms with van der Waals surface area (Å²) in [7, 11) is 0. The molecule has 2 heteroatoms. The van der Waals surface area contributed by atoms with Gasteiger partial charge in [-0.05, 0) is 17.9 Å². The summed E-state index contributed by atoms with van der Waals surface area (Å²) in [6, 6.07) is 7.59. The molecule has 0 saturated heterocycles. The predicted octanol–water partition coefficient (Wildman–Crippen LogP) is 2.44. The second kappa shape index (κ2) is 4.33. The fourth-order valence-electron chi connectivity index (χ4n) is 1.42. The zero-order chi connectivity index (χ0) is 11.6. The number of aliphatic hydroxyl groups is 2. The van der Waals surface area contributed by atoms with Crippen molar-refractivity contribution >= 4 is 0 Å². The van der Waals surface area contributed by atoms with Crippen LogP contribution in [-0.4, -0.2) is 16.3 Å². The van der Waals surface area contributed by atoms with Gasteiger partial charge in [-0.2, -0.15) is 0 Å². The standard InChI is InChI=1S/C13H20O2/c1-9-5-7-10(8-6-9)11(14)12(15)13(2,3)4/h5-8,11-12,14-15H,1-4H3. The van der Waals surface area contributed by atoms with Gasteiger partial charge >= 0.3 is 0 Å². The van der Waals surface area contributed by atoms with Crippen molar-refractivity contribution in [2.75, 3.05) is 0 Å². The highest BCUT2D eigenvalue weighted by Crippen LogP contribution is 2.29. The minimum atomic E-state index is -0.814. The monoisotopic (exact) mass is 208 g/mol. The Morgan fingerprint density at radius 1 is 1.00 bits per heavy atom. The van der Waals surface area contributed by atoms with Crippen LogP contribution in [0.3, 0.4) is 0 Å².